The summed E-state index contributed by atoms with van der Waals surface area (Å²) in [5.74, 6) is 0.306. The molecule has 1 aliphatic rings. The van der Waals surface area contributed by atoms with E-state index in [4.69, 9.17) is 27.9 Å². The van der Waals surface area contributed by atoms with Gasteiger partial charge < -0.3 is 19.9 Å². The number of benzene rings is 2. The molecule has 1 saturated heterocycles. The van der Waals surface area contributed by atoms with E-state index in [1.165, 1.54) is 11.3 Å². The second kappa shape index (κ2) is 8.63. The van der Waals surface area contributed by atoms with Gasteiger partial charge in [0.05, 0.1) is 16.8 Å². The number of fused-ring (bicyclic) bond motifs is 1. The van der Waals surface area contributed by atoms with Gasteiger partial charge in [0.25, 0.3) is 5.91 Å². The minimum absolute atomic E-state index is 0.252. The Hall–Kier alpha value is -1.99. The highest BCUT2D eigenvalue weighted by atomic mass is 35.5. The van der Waals surface area contributed by atoms with Gasteiger partial charge in [-0.25, -0.2) is 0 Å². The predicted octanol–water partition coefficient (Wildman–Crippen LogP) is 5.61. The Morgan fingerprint density at radius 1 is 1.17 bits per heavy atom. The quantitative estimate of drug-likeness (QED) is 0.533. The molecule has 4 rings (SSSR count). The fourth-order valence-electron chi connectivity index (χ4n) is 3.72. The van der Waals surface area contributed by atoms with E-state index in [2.05, 4.69) is 29.2 Å². The number of likely N-dealkylation sites (N-methyl/N-ethyl adjacent to an activating group) is 1. The zero-order chi connectivity index (χ0) is 21.4. The zero-order valence-electron chi connectivity index (χ0n) is 17.0. The van der Waals surface area contributed by atoms with Crippen LogP contribution >= 0.6 is 34.5 Å². The number of methoxy groups -OCH3 is 1. The number of thiophene rings is 1. The summed E-state index contributed by atoms with van der Waals surface area (Å²) >= 11 is 14.1. The van der Waals surface area contributed by atoms with Crippen molar-refractivity contribution in [3.63, 3.8) is 0 Å². The third-order valence-electron chi connectivity index (χ3n) is 5.51. The van der Waals surface area contributed by atoms with Crippen LogP contribution in [0.3, 0.4) is 0 Å². The molecule has 0 aliphatic carbocycles. The van der Waals surface area contributed by atoms with Crippen molar-refractivity contribution in [1.82, 2.24) is 4.90 Å². The first kappa shape index (κ1) is 21.2. The molecular formula is C22H23Cl2N3O2S. The fraction of sp³-hybridized carbons (Fsp3) is 0.318. The summed E-state index contributed by atoms with van der Waals surface area (Å²) < 4.78 is 6.00. The van der Waals surface area contributed by atoms with Gasteiger partial charge >= 0.3 is 0 Å². The van der Waals surface area contributed by atoms with Gasteiger partial charge in [0, 0.05) is 35.9 Å². The molecule has 1 atom stereocenters. The first-order chi connectivity index (χ1) is 14.4. The normalized spacial score (nSPS) is 16.5. The summed E-state index contributed by atoms with van der Waals surface area (Å²) in [7, 11) is 5.80. The van der Waals surface area contributed by atoms with Gasteiger partial charge in [0.15, 0.2) is 0 Å². The second-order valence-corrected chi connectivity index (χ2v) is 9.33. The Morgan fingerprint density at radius 2 is 1.90 bits per heavy atom. The summed E-state index contributed by atoms with van der Waals surface area (Å²) in [6.07, 6.45) is 1.16. The van der Waals surface area contributed by atoms with Crippen LogP contribution in [0.25, 0.3) is 10.1 Å². The first-order valence-corrected chi connectivity index (χ1v) is 11.2. The first-order valence-electron chi connectivity index (χ1n) is 9.66. The van der Waals surface area contributed by atoms with Crippen LogP contribution in [-0.2, 0) is 0 Å². The number of amides is 1. The van der Waals surface area contributed by atoms with E-state index >= 15 is 0 Å². The lowest BCUT2D eigenvalue weighted by molar-refractivity contribution is 0.103. The van der Waals surface area contributed by atoms with Crippen LogP contribution in [0.5, 0.6) is 5.75 Å². The standard InChI is InChI=1S/C22H23Cl2N3O2S/c1-26(2)15-10-11-27(12-15)14-6-4-13(5-7-14)25-22(28)21-18(23)16-8-9-17(29-3)19(24)20(16)30-21/h4-9,15H,10-12H2,1-3H3,(H,25,28). The second-order valence-electron chi connectivity index (χ2n) is 7.56. The fourth-order valence-corrected chi connectivity index (χ4v) is 5.52. The van der Waals surface area contributed by atoms with Crippen molar-refractivity contribution in [2.24, 2.45) is 0 Å². The van der Waals surface area contributed by atoms with Crippen LogP contribution in [0.2, 0.25) is 10.0 Å². The van der Waals surface area contributed by atoms with E-state index in [0.717, 1.165) is 41.0 Å². The lowest BCUT2D eigenvalue weighted by Gasteiger charge is -2.22. The minimum Gasteiger partial charge on any atom is -0.495 e. The number of hydrogen-bond acceptors (Lipinski definition) is 5. The monoisotopic (exact) mass is 463 g/mol. The number of hydrogen-bond donors (Lipinski definition) is 1. The Morgan fingerprint density at radius 3 is 2.53 bits per heavy atom. The SMILES string of the molecule is COc1ccc2c(Cl)c(C(=O)Nc3ccc(N4CCC(N(C)C)C4)cc3)sc2c1Cl. The Balaban J connectivity index is 1.50. The summed E-state index contributed by atoms with van der Waals surface area (Å²) in [5.41, 5.74) is 1.89. The highest BCUT2D eigenvalue weighted by Crippen LogP contribution is 2.43. The van der Waals surface area contributed by atoms with E-state index in [9.17, 15) is 4.79 Å². The van der Waals surface area contributed by atoms with Gasteiger partial charge in [0.1, 0.15) is 15.6 Å². The maximum Gasteiger partial charge on any atom is 0.267 e. The molecule has 158 valence electrons. The van der Waals surface area contributed by atoms with Gasteiger partial charge in [-0.05, 0) is 56.9 Å². The Bertz CT molecular complexity index is 1080. The van der Waals surface area contributed by atoms with Crippen molar-refractivity contribution in [3.8, 4) is 5.75 Å². The molecule has 8 heteroatoms. The predicted molar refractivity (Wildman–Crippen MR) is 127 cm³/mol. The van der Waals surface area contributed by atoms with Crippen molar-refractivity contribution >= 4 is 61.9 Å². The molecule has 2 heterocycles. The highest BCUT2D eigenvalue weighted by Gasteiger charge is 2.24. The number of carbonyl (C=O) groups is 1. The topological polar surface area (TPSA) is 44.8 Å². The summed E-state index contributed by atoms with van der Waals surface area (Å²) in [4.78, 5) is 17.9. The third kappa shape index (κ3) is 3.97. The van der Waals surface area contributed by atoms with E-state index in [0.29, 0.717) is 26.7 Å². The van der Waals surface area contributed by atoms with Crippen LogP contribution in [0.15, 0.2) is 36.4 Å². The van der Waals surface area contributed by atoms with E-state index in [-0.39, 0.29) is 5.91 Å². The molecule has 1 unspecified atom stereocenters. The maximum absolute atomic E-state index is 12.9. The average molecular weight is 464 g/mol. The molecule has 1 aromatic heterocycles. The van der Waals surface area contributed by atoms with Crippen LogP contribution in [0, 0.1) is 0 Å². The van der Waals surface area contributed by atoms with Crippen molar-refractivity contribution in [1.29, 1.82) is 0 Å². The summed E-state index contributed by atoms with van der Waals surface area (Å²) in [6.45, 7) is 2.05. The van der Waals surface area contributed by atoms with Gasteiger partial charge in [-0.2, -0.15) is 0 Å². The molecule has 1 N–H and O–H groups in total. The zero-order valence-corrected chi connectivity index (χ0v) is 19.4. The number of rotatable bonds is 5. The number of anilines is 2. The van der Waals surface area contributed by atoms with Crippen LogP contribution in [0.4, 0.5) is 11.4 Å². The lowest BCUT2D eigenvalue weighted by atomic mass is 10.2. The maximum atomic E-state index is 12.9. The van der Waals surface area contributed by atoms with Gasteiger partial charge in [-0.15, -0.1) is 11.3 Å². The summed E-state index contributed by atoms with van der Waals surface area (Å²) in [5, 5.41) is 4.55. The summed E-state index contributed by atoms with van der Waals surface area (Å²) in [6, 6.07) is 12.1. The molecule has 30 heavy (non-hydrogen) atoms. The van der Waals surface area contributed by atoms with Gasteiger partial charge in [0.2, 0.25) is 0 Å². The van der Waals surface area contributed by atoms with Crippen LogP contribution in [-0.4, -0.2) is 51.1 Å². The number of nitrogens with zero attached hydrogens (tertiary/aromatic N) is 2. The van der Waals surface area contributed by atoms with Gasteiger partial charge in [-0.1, -0.05) is 23.2 Å². The Labute approximate surface area is 190 Å². The molecule has 1 aliphatic heterocycles. The lowest BCUT2D eigenvalue weighted by Crippen LogP contribution is -2.31. The molecule has 0 spiro atoms. The molecule has 2 aromatic carbocycles. The number of carbonyl (C=O) groups excluding carboxylic acids is 1. The van der Waals surface area contributed by atoms with Crippen molar-refractivity contribution in [2.75, 3.05) is 44.5 Å². The average Bonchev–Trinajstić information content (AvgIpc) is 3.35. The largest absolute Gasteiger partial charge is 0.495 e. The minimum atomic E-state index is -0.252. The van der Waals surface area contributed by atoms with Crippen molar-refractivity contribution < 1.29 is 9.53 Å². The molecule has 0 radical (unpaired) electrons. The number of nitrogens with one attached hydrogen (secondary N) is 1. The smallest absolute Gasteiger partial charge is 0.267 e. The molecular weight excluding hydrogens is 441 g/mol. The molecule has 5 nitrogen and oxygen atoms in total. The Kier molecular flexibility index (Phi) is 6.11. The van der Waals surface area contributed by atoms with E-state index in [1.54, 1.807) is 13.2 Å². The molecule has 1 amide bonds. The molecule has 3 aromatic rings. The molecule has 0 saturated carbocycles. The molecule has 1 fully saturated rings. The number of ether oxygens (including phenoxy) is 1. The van der Waals surface area contributed by atoms with E-state index in [1.807, 2.05) is 30.3 Å². The molecule has 0 bridgehead atoms. The van der Waals surface area contributed by atoms with Crippen molar-refractivity contribution in [2.45, 2.75) is 12.5 Å². The van der Waals surface area contributed by atoms with Crippen LogP contribution < -0.4 is 15.0 Å². The van der Waals surface area contributed by atoms with Gasteiger partial charge in [-0.3, -0.25) is 4.79 Å². The third-order valence-corrected chi connectivity index (χ3v) is 7.73. The van der Waals surface area contributed by atoms with Crippen LogP contribution in [0.1, 0.15) is 16.1 Å². The van der Waals surface area contributed by atoms with Crippen molar-refractivity contribution in [3.05, 3.63) is 51.3 Å². The van der Waals surface area contributed by atoms with E-state index < -0.39 is 0 Å². The highest BCUT2D eigenvalue weighted by molar-refractivity contribution is 7.22. The number of halogens is 2.